The number of hydrogen-bond acceptors (Lipinski definition) is 1. The highest BCUT2D eigenvalue weighted by molar-refractivity contribution is 6.97. The largest absolute Gasteiger partial charge is 0.540 e. The predicted molar refractivity (Wildman–Crippen MR) is 114 cm³/mol. The average molecular weight is 359 g/mol. The van der Waals surface area contributed by atoms with Gasteiger partial charge in [0.1, 0.15) is 0 Å². The number of benzene rings is 3. The van der Waals surface area contributed by atoms with Gasteiger partial charge in [-0.05, 0) is 28.1 Å². The van der Waals surface area contributed by atoms with Crippen molar-refractivity contribution >= 4 is 24.8 Å². The van der Waals surface area contributed by atoms with Gasteiger partial charge < -0.3 is 4.43 Å². The first kappa shape index (κ1) is 18.2. The zero-order valence-corrected chi connectivity index (χ0v) is 16.3. The molecule has 3 rings (SSSR count). The van der Waals surface area contributed by atoms with Crippen molar-refractivity contribution in [1.29, 1.82) is 0 Å². The Morgan fingerprint density at radius 1 is 0.731 bits per heavy atom. The van der Waals surface area contributed by atoms with Crippen LogP contribution < -0.4 is 10.4 Å². The van der Waals surface area contributed by atoms with Crippen LogP contribution in [-0.4, -0.2) is 8.32 Å². The highest BCUT2D eigenvalue weighted by Gasteiger charge is 2.39. The van der Waals surface area contributed by atoms with Crippen LogP contribution in [0.2, 0.25) is 6.04 Å². The Morgan fingerprint density at radius 3 is 1.73 bits per heavy atom. The van der Waals surface area contributed by atoms with E-state index in [0.29, 0.717) is 0 Å². The number of unbranched alkanes of at least 4 members (excludes halogenated alkanes) is 1. The number of rotatable bonds is 8. The molecule has 0 heterocycles. The van der Waals surface area contributed by atoms with Gasteiger partial charge in [-0.15, -0.1) is 0 Å². The Balaban J connectivity index is 2.00. The van der Waals surface area contributed by atoms with Gasteiger partial charge in [-0.3, -0.25) is 0 Å². The maximum atomic E-state index is 6.67. The molecule has 0 saturated heterocycles. The Labute approximate surface area is 158 Å². The maximum absolute atomic E-state index is 6.67. The van der Waals surface area contributed by atoms with Gasteiger partial charge in [0.05, 0.1) is 6.26 Å². The molecule has 0 unspecified atom stereocenters. The molecule has 0 fully saturated rings. The van der Waals surface area contributed by atoms with Crippen molar-refractivity contribution < 1.29 is 4.43 Å². The average Bonchev–Trinajstić information content (AvgIpc) is 2.73. The van der Waals surface area contributed by atoms with Crippen molar-refractivity contribution in [3.63, 3.8) is 0 Å². The van der Waals surface area contributed by atoms with E-state index in [0.717, 1.165) is 18.0 Å². The second kappa shape index (κ2) is 9.21. The lowest BCUT2D eigenvalue weighted by molar-refractivity contribution is 0.484. The summed E-state index contributed by atoms with van der Waals surface area (Å²) in [4.78, 5) is 0. The molecule has 2 heteroatoms. The summed E-state index contributed by atoms with van der Waals surface area (Å²) in [6.45, 7) is 2.24. The summed E-state index contributed by atoms with van der Waals surface area (Å²) in [6, 6.07) is 33.0. The molecule has 0 amide bonds. The summed E-state index contributed by atoms with van der Waals surface area (Å²) in [5.41, 5.74) is 1.16. The maximum Gasteiger partial charge on any atom is 0.313 e. The Kier molecular flexibility index (Phi) is 6.45. The molecule has 0 atom stereocenters. The molecule has 0 aliphatic rings. The molecule has 0 bridgehead atoms. The van der Waals surface area contributed by atoms with E-state index in [1.807, 2.05) is 12.3 Å². The first-order chi connectivity index (χ1) is 12.8. The molecule has 1 nitrogen and oxygen atoms in total. The third-order valence-corrected chi connectivity index (χ3v) is 8.82. The van der Waals surface area contributed by atoms with Crippen LogP contribution in [0.4, 0.5) is 0 Å². The molecule has 0 aromatic heterocycles. The summed E-state index contributed by atoms with van der Waals surface area (Å²) in [7, 11) is -2.31. The quantitative estimate of drug-likeness (QED) is 0.395. The Hall–Kier alpha value is -2.58. The normalized spacial score (nSPS) is 11.6. The van der Waals surface area contributed by atoms with Gasteiger partial charge in [0.25, 0.3) is 0 Å². The fourth-order valence-electron chi connectivity index (χ4n) is 3.28. The van der Waals surface area contributed by atoms with Crippen molar-refractivity contribution in [2.24, 2.45) is 0 Å². The lowest BCUT2D eigenvalue weighted by Crippen LogP contribution is -2.59. The van der Waals surface area contributed by atoms with Gasteiger partial charge in [0, 0.05) is 0 Å². The van der Waals surface area contributed by atoms with E-state index in [4.69, 9.17) is 4.43 Å². The van der Waals surface area contributed by atoms with Crippen molar-refractivity contribution in [2.75, 3.05) is 0 Å². The van der Waals surface area contributed by atoms with Crippen LogP contribution in [0.15, 0.2) is 97.3 Å². The zero-order chi connectivity index (χ0) is 18.1. The van der Waals surface area contributed by atoms with E-state index < -0.39 is 8.32 Å². The van der Waals surface area contributed by atoms with Crippen LogP contribution in [0, 0.1) is 0 Å². The second-order valence-corrected chi connectivity index (χ2v) is 10.0. The van der Waals surface area contributed by atoms with Crippen LogP contribution in [-0.2, 0) is 4.43 Å². The summed E-state index contributed by atoms with van der Waals surface area (Å²) >= 11 is 0. The summed E-state index contributed by atoms with van der Waals surface area (Å²) in [6.07, 6.45) is 6.31. The van der Waals surface area contributed by atoms with Crippen LogP contribution in [0.25, 0.3) is 6.08 Å². The lowest BCUT2D eigenvalue weighted by Gasteiger charge is -2.31. The molecule has 3 aromatic rings. The van der Waals surface area contributed by atoms with Crippen LogP contribution >= 0.6 is 0 Å². The minimum atomic E-state index is -2.31. The predicted octanol–water partition coefficient (Wildman–Crippen LogP) is 5.23. The van der Waals surface area contributed by atoms with Crippen molar-refractivity contribution in [3.05, 3.63) is 103 Å². The van der Waals surface area contributed by atoms with E-state index in [9.17, 15) is 0 Å². The van der Waals surface area contributed by atoms with E-state index >= 15 is 0 Å². The topological polar surface area (TPSA) is 9.23 Å². The molecule has 0 aliphatic carbocycles. The van der Waals surface area contributed by atoms with Gasteiger partial charge in [-0.25, -0.2) is 0 Å². The molecule has 3 aromatic carbocycles. The van der Waals surface area contributed by atoms with Crippen LogP contribution in [0.3, 0.4) is 0 Å². The van der Waals surface area contributed by atoms with Gasteiger partial charge >= 0.3 is 8.32 Å². The smallest absolute Gasteiger partial charge is 0.313 e. The van der Waals surface area contributed by atoms with Crippen molar-refractivity contribution in [2.45, 2.75) is 25.8 Å². The summed E-state index contributed by atoms with van der Waals surface area (Å²) in [5, 5.41) is 2.66. The third kappa shape index (κ3) is 4.33. The van der Waals surface area contributed by atoms with E-state index in [-0.39, 0.29) is 0 Å². The second-order valence-electron chi connectivity index (χ2n) is 6.49. The monoisotopic (exact) mass is 358 g/mol. The number of hydrogen-bond donors (Lipinski definition) is 0. The summed E-state index contributed by atoms with van der Waals surface area (Å²) in [5.74, 6) is 0. The molecular formula is C24H26OSi. The molecule has 26 heavy (non-hydrogen) atoms. The first-order valence-corrected chi connectivity index (χ1v) is 11.5. The summed E-state index contributed by atoms with van der Waals surface area (Å²) < 4.78 is 6.67. The Morgan fingerprint density at radius 2 is 1.23 bits per heavy atom. The highest BCUT2D eigenvalue weighted by atomic mass is 28.4. The first-order valence-electron chi connectivity index (χ1n) is 9.35. The molecular weight excluding hydrogens is 332 g/mol. The van der Waals surface area contributed by atoms with Gasteiger partial charge in [-0.1, -0.05) is 111 Å². The molecule has 0 saturated carbocycles. The third-order valence-electron chi connectivity index (χ3n) is 4.69. The minimum absolute atomic E-state index is 1.08. The highest BCUT2D eigenvalue weighted by Crippen LogP contribution is 2.18. The van der Waals surface area contributed by atoms with E-state index in [1.54, 1.807) is 0 Å². The molecule has 0 N–H and O–H groups in total. The molecule has 0 spiro atoms. The molecule has 0 radical (unpaired) electrons. The van der Waals surface area contributed by atoms with Crippen LogP contribution in [0.5, 0.6) is 0 Å². The standard InChI is InChI=1S/C24H26OSi/c1-2-3-21-26(23-15-9-5-10-16-23,24-17-11-6-12-18-24)25-20-19-22-13-7-4-8-14-22/h4-20H,2-3,21H2,1H3. The zero-order valence-electron chi connectivity index (χ0n) is 15.3. The van der Waals surface area contributed by atoms with Crippen molar-refractivity contribution in [3.8, 4) is 0 Å². The van der Waals surface area contributed by atoms with Gasteiger partial charge in [0.15, 0.2) is 0 Å². The Bertz CT molecular complexity index is 758. The molecule has 0 aliphatic heterocycles. The van der Waals surface area contributed by atoms with Crippen LogP contribution in [0.1, 0.15) is 25.3 Å². The fourth-order valence-corrected chi connectivity index (χ4v) is 7.20. The molecule has 132 valence electrons. The van der Waals surface area contributed by atoms with Crippen molar-refractivity contribution in [1.82, 2.24) is 0 Å². The van der Waals surface area contributed by atoms with E-state index in [2.05, 4.69) is 97.9 Å². The minimum Gasteiger partial charge on any atom is -0.540 e. The lowest BCUT2D eigenvalue weighted by atomic mass is 10.2. The van der Waals surface area contributed by atoms with Gasteiger partial charge in [0.2, 0.25) is 0 Å². The SMILES string of the molecule is CCCC[Si](OC=Cc1ccccc1)(c1ccccc1)c1ccccc1. The van der Waals surface area contributed by atoms with E-state index in [1.165, 1.54) is 16.8 Å². The van der Waals surface area contributed by atoms with Gasteiger partial charge in [-0.2, -0.15) is 0 Å². The fraction of sp³-hybridized carbons (Fsp3) is 0.167.